The zero-order chi connectivity index (χ0) is 9.64. The summed E-state index contributed by atoms with van der Waals surface area (Å²) < 4.78 is 0. The molecule has 70 valence electrons. The summed E-state index contributed by atoms with van der Waals surface area (Å²) in [4.78, 5) is 8.38. The number of rotatable bonds is 1. The van der Waals surface area contributed by atoms with Crippen molar-refractivity contribution in [1.29, 1.82) is 0 Å². The minimum atomic E-state index is -0.241. The van der Waals surface area contributed by atoms with Gasteiger partial charge in [-0.1, -0.05) is 11.6 Å². The summed E-state index contributed by atoms with van der Waals surface area (Å²) in [7, 11) is 0. The molecule has 1 aliphatic rings. The first-order valence-electron chi connectivity index (χ1n) is 4.33. The van der Waals surface area contributed by atoms with E-state index in [0.717, 1.165) is 24.1 Å². The molecule has 3 nitrogen and oxygen atoms in total. The van der Waals surface area contributed by atoms with E-state index in [1.165, 1.54) is 0 Å². The Balaban J connectivity index is 2.57. The Hall–Kier alpha value is -0.670. The second kappa shape index (κ2) is 2.66. The second-order valence-corrected chi connectivity index (χ2v) is 4.04. The molecule has 2 N–H and O–H groups in total. The average molecular weight is 198 g/mol. The third-order valence-electron chi connectivity index (χ3n) is 2.44. The van der Waals surface area contributed by atoms with E-state index >= 15 is 0 Å². The summed E-state index contributed by atoms with van der Waals surface area (Å²) in [6.45, 7) is 3.77. The molecule has 0 amide bonds. The molecule has 0 bridgehead atoms. The summed E-state index contributed by atoms with van der Waals surface area (Å²) >= 11 is 6.03. The molecule has 13 heavy (non-hydrogen) atoms. The summed E-state index contributed by atoms with van der Waals surface area (Å²) in [6.07, 6.45) is 1.97. The maximum Gasteiger partial charge on any atom is 0.138 e. The van der Waals surface area contributed by atoms with Crippen molar-refractivity contribution in [3.05, 3.63) is 22.2 Å². The Bertz CT molecular complexity index is 335. The number of nitrogens with two attached hydrogens (primary N) is 1. The van der Waals surface area contributed by atoms with E-state index < -0.39 is 0 Å². The molecule has 0 saturated heterocycles. The van der Waals surface area contributed by atoms with Gasteiger partial charge >= 0.3 is 0 Å². The van der Waals surface area contributed by atoms with Gasteiger partial charge in [0.2, 0.25) is 0 Å². The van der Waals surface area contributed by atoms with Crippen molar-refractivity contribution < 1.29 is 0 Å². The smallest absolute Gasteiger partial charge is 0.138 e. The van der Waals surface area contributed by atoms with Gasteiger partial charge in [-0.3, -0.25) is 0 Å². The molecule has 1 heterocycles. The molecule has 2 rings (SSSR count). The maximum atomic E-state index is 6.06. The van der Waals surface area contributed by atoms with Gasteiger partial charge in [0, 0.05) is 16.8 Å². The highest BCUT2D eigenvalue weighted by molar-refractivity contribution is 6.30. The van der Waals surface area contributed by atoms with Crippen LogP contribution in [0.5, 0.6) is 0 Å². The van der Waals surface area contributed by atoms with Crippen LogP contribution in [0.1, 0.15) is 29.9 Å². The summed E-state index contributed by atoms with van der Waals surface area (Å²) in [5, 5.41) is 0.519. The monoisotopic (exact) mass is 197 g/mol. The van der Waals surface area contributed by atoms with Crippen LogP contribution in [-0.4, -0.2) is 9.97 Å². The summed E-state index contributed by atoms with van der Waals surface area (Å²) in [5.41, 5.74) is 7.66. The first-order chi connectivity index (χ1) is 6.03. The molecule has 0 aliphatic heterocycles. The Morgan fingerprint density at radius 2 is 1.92 bits per heavy atom. The SMILES string of the molecule is Cc1nc(C)c(C2(N)CC2)c(Cl)n1. The highest BCUT2D eigenvalue weighted by atomic mass is 35.5. The lowest BCUT2D eigenvalue weighted by molar-refractivity contribution is 0.714. The van der Waals surface area contributed by atoms with Gasteiger partial charge in [0.1, 0.15) is 11.0 Å². The van der Waals surface area contributed by atoms with Gasteiger partial charge in [0.05, 0.1) is 0 Å². The number of aromatic nitrogens is 2. The topological polar surface area (TPSA) is 51.8 Å². The molecule has 1 aromatic heterocycles. The van der Waals surface area contributed by atoms with Gasteiger partial charge in [-0.25, -0.2) is 9.97 Å². The molecule has 1 saturated carbocycles. The fourth-order valence-electron chi connectivity index (χ4n) is 1.62. The predicted octanol–water partition coefficient (Wildman–Crippen LogP) is 1.69. The number of halogens is 1. The lowest BCUT2D eigenvalue weighted by Gasteiger charge is -2.13. The van der Waals surface area contributed by atoms with Crippen LogP contribution in [0.25, 0.3) is 0 Å². The molecule has 0 radical (unpaired) electrons. The number of hydrogen-bond acceptors (Lipinski definition) is 3. The van der Waals surface area contributed by atoms with Crippen molar-refractivity contribution in [2.75, 3.05) is 0 Å². The molecular weight excluding hydrogens is 186 g/mol. The third kappa shape index (κ3) is 1.42. The average Bonchev–Trinajstić information content (AvgIpc) is 2.65. The van der Waals surface area contributed by atoms with Gasteiger partial charge in [-0.15, -0.1) is 0 Å². The Morgan fingerprint density at radius 3 is 2.38 bits per heavy atom. The van der Waals surface area contributed by atoms with Gasteiger partial charge in [-0.05, 0) is 26.7 Å². The fourth-order valence-corrected chi connectivity index (χ4v) is 2.07. The van der Waals surface area contributed by atoms with Crippen molar-refractivity contribution >= 4 is 11.6 Å². The highest BCUT2D eigenvalue weighted by Crippen LogP contribution is 2.45. The van der Waals surface area contributed by atoms with Gasteiger partial charge in [-0.2, -0.15) is 0 Å². The van der Waals surface area contributed by atoms with Crippen LogP contribution in [0.4, 0.5) is 0 Å². The lowest BCUT2D eigenvalue weighted by atomic mass is 10.1. The zero-order valence-corrected chi connectivity index (χ0v) is 8.52. The molecule has 1 aliphatic carbocycles. The van der Waals surface area contributed by atoms with Crippen LogP contribution >= 0.6 is 11.6 Å². The number of hydrogen-bond donors (Lipinski definition) is 1. The molecule has 0 atom stereocenters. The Morgan fingerprint density at radius 1 is 1.31 bits per heavy atom. The van der Waals surface area contributed by atoms with E-state index in [9.17, 15) is 0 Å². The fraction of sp³-hybridized carbons (Fsp3) is 0.556. The number of nitrogens with zero attached hydrogens (tertiary/aromatic N) is 2. The zero-order valence-electron chi connectivity index (χ0n) is 7.76. The van der Waals surface area contributed by atoms with Crippen LogP contribution < -0.4 is 5.73 Å². The van der Waals surface area contributed by atoms with Gasteiger partial charge < -0.3 is 5.73 Å². The molecule has 0 unspecified atom stereocenters. The quantitative estimate of drug-likeness (QED) is 0.698. The second-order valence-electron chi connectivity index (χ2n) is 3.68. The van der Waals surface area contributed by atoms with E-state index in [1.54, 1.807) is 0 Å². The molecule has 0 aromatic carbocycles. The van der Waals surface area contributed by atoms with E-state index in [-0.39, 0.29) is 5.54 Å². The molecular formula is C9H12ClN3. The van der Waals surface area contributed by atoms with Crippen LogP contribution in [0.3, 0.4) is 0 Å². The highest BCUT2D eigenvalue weighted by Gasteiger charge is 2.43. The first-order valence-corrected chi connectivity index (χ1v) is 4.71. The van der Waals surface area contributed by atoms with Crippen LogP contribution in [0, 0.1) is 13.8 Å². The number of aryl methyl sites for hydroxylation is 2. The summed E-state index contributed by atoms with van der Waals surface area (Å²) in [5.74, 6) is 0.704. The molecule has 4 heteroatoms. The maximum absolute atomic E-state index is 6.06. The van der Waals surface area contributed by atoms with Gasteiger partial charge in [0.15, 0.2) is 0 Å². The van der Waals surface area contributed by atoms with Crippen molar-refractivity contribution in [1.82, 2.24) is 9.97 Å². The lowest BCUT2D eigenvalue weighted by Crippen LogP contribution is -2.22. The normalized spacial score (nSPS) is 18.8. The Kier molecular flexibility index (Phi) is 1.82. The van der Waals surface area contributed by atoms with Gasteiger partial charge in [0.25, 0.3) is 0 Å². The van der Waals surface area contributed by atoms with Crippen molar-refractivity contribution in [2.45, 2.75) is 32.2 Å². The predicted molar refractivity (Wildman–Crippen MR) is 51.6 cm³/mol. The standard InChI is InChI=1S/C9H12ClN3/c1-5-7(9(11)3-4-9)8(10)13-6(2)12-5/h3-4,11H2,1-2H3. The van der Waals surface area contributed by atoms with Crippen molar-refractivity contribution in [3.8, 4) is 0 Å². The van der Waals surface area contributed by atoms with Crippen LogP contribution in [0.15, 0.2) is 0 Å². The van der Waals surface area contributed by atoms with Crippen molar-refractivity contribution in [2.24, 2.45) is 5.73 Å². The van der Waals surface area contributed by atoms with E-state index in [0.29, 0.717) is 11.0 Å². The molecule has 1 aromatic rings. The third-order valence-corrected chi connectivity index (χ3v) is 2.72. The largest absolute Gasteiger partial charge is 0.321 e. The van der Waals surface area contributed by atoms with E-state index in [4.69, 9.17) is 17.3 Å². The molecule has 1 fully saturated rings. The minimum absolute atomic E-state index is 0.241. The minimum Gasteiger partial charge on any atom is -0.321 e. The van der Waals surface area contributed by atoms with Crippen LogP contribution in [-0.2, 0) is 5.54 Å². The van der Waals surface area contributed by atoms with Crippen molar-refractivity contribution in [3.63, 3.8) is 0 Å². The molecule has 0 spiro atoms. The van der Waals surface area contributed by atoms with E-state index in [2.05, 4.69) is 9.97 Å². The van der Waals surface area contributed by atoms with E-state index in [1.807, 2.05) is 13.8 Å². The van der Waals surface area contributed by atoms with Crippen LogP contribution in [0.2, 0.25) is 5.15 Å². The first kappa shape index (κ1) is 8.91. The Labute approximate surface area is 82.3 Å². The summed E-state index contributed by atoms with van der Waals surface area (Å²) in [6, 6.07) is 0.